The van der Waals surface area contributed by atoms with E-state index in [1.54, 1.807) is 25.3 Å². The quantitative estimate of drug-likeness (QED) is 0.498. The number of nitrogens with zero attached hydrogens (tertiary/aromatic N) is 3. The number of aromatic nitrogens is 3. The van der Waals surface area contributed by atoms with Gasteiger partial charge in [-0.05, 0) is 50.2 Å². The lowest BCUT2D eigenvalue weighted by molar-refractivity contribution is -0.137. The number of carbonyl (C=O) groups excluding carboxylic acids is 1. The van der Waals surface area contributed by atoms with Crippen LogP contribution in [0.5, 0.6) is 0 Å². The van der Waals surface area contributed by atoms with Gasteiger partial charge in [-0.25, -0.2) is 4.68 Å². The highest BCUT2D eigenvalue weighted by Crippen LogP contribution is 2.30. The van der Waals surface area contributed by atoms with Crippen LogP contribution < -0.4 is 5.32 Å². The molecule has 0 atom stereocenters. The molecule has 0 saturated heterocycles. The number of benzene rings is 2. The van der Waals surface area contributed by atoms with Crippen LogP contribution in [-0.4, -0.2) is 20.7 Å². The Kier molecular flexibility index (Phi) is 4.77. The second-order valence-corrected chi connectivity index (χ2v) is 6.94. The van der Waals surface area contributed by atoms with Gasteiger partial charge < -0.3 is 5.32 Å². The fourth-order valence-corrected chi connectivity index (χ4v) is 3.23. The van der Waals surface area contributed by atoms with E-state index in [2.05, 4.69) is 15.4 Å². The number of hydrogen-bond donors (Lipinski definition) is 1. The summed E-state index contributed by atoms with van der Waals surface area (Å²) >= 11 is 0. The summed E-state index contributed by atoms with van der Waals surface area (Å²) in [7, 11) is 0. The molecule has 2 aromatic heterocycles. The Morgan fingerprint density at radius 3 is 2.57 bits per heavy atom. The van der Waals surface area contributed by atoms with Crippen molar-refractivity contribution >= 4 is 22.4 Å². The maximum Gasteiger partial charge on any atom is 0.416 e. The van der Waals surface area contributed by atoms with Crippen molar-refractivity contribution in [2.45, 2.75) is 20.0 Å². The Morgan fingerprint density at radius 1 is 1.03 bits per heavy atom. The SMILES string of the molecule is Cc1cc2c(NC(=O)c3cc(C)n(-c4cccc(C(F)(F)F)c4)n3)cccc2cn1. The maximum absolute atomic E-state index is 13.0. The number of amides is 1. The highest BCUT2D eigenvalue weighted by Gasteiger charge is 2.30. The van der Waals surface area contributed by atoms with E-state index in [-0.39, 0.29) is 11.4 Å². The lowest BCUT2D eigenvalue weighted by Gasteiger charge is -2.10. The zero-order valence-corrected chi connectivity index (χ0v) is 16.2. The fraction of sp³-hybridized carbons (Fsp3) is 0.136. The van der Waals surface area contributed by atoms with Crippen molar-refractivity contribution in [3.63, 3.8) is 0 Å². The van der Waals surface area contributed by atoms with Crippen LogP contribution in [0, 0.1) is 13.8 Å². The molecule has 0 aliphatic heterocycles. The van der Waals surface area contributed by atoms with Gasteiger partial charge in [-0.2, -0.15) is 18.3 Å². The van der Waals surface area contributed by atoms with Gasteiger partial charge in [0, 0.05) is 34.0 Å². The number of halogens is 3. The average molecular weight is 410 g/mol. The number of carbonyl (C=O) groups is 1. The molecule has 4 rings (SSSR count). The lowest BCUT2D eigenvalue weighted by Crippen LogP contribution is -2.13. The highest BCUT2D eigenvalue weighted by molar-refractivity contribution is 6.08. The summed E-state index contributed by atoms with van der Waals surface area (Å²) in [5, 5.41) is 8.77. The van der Waals surface area contributed by atoms with Gasteiger partial charge in [0.25, 0.3) is 5.91 Å². The summed E-state index contributed by atoms with van der Waals surface area (Å²) in [6.45, 7) is 3.54. The number of rotatable bonds is 3. The number of hydrogen-bond acceptors (Lipinski definition) is 3. The number of aryl methyl sites for hydroxylation is 2. The van der Waals surface area contributed by atoms with Gasteiger partial charge >= 0.3 is 6.18 Å². The van der Waals surface area contributed by atoms with Crippen LogP contribution in [0.15, 0.2) is 60.8 Å². The number of fused-ring (bicyclic) bond motifs is 1. The Bertz CT molecular complexity index is 1260. The molecular formula is C22H17F3N4O. The standard InChI is InChI=1S/C22H17F3N4O/c1-13-9-18-15(12-26-13)5-3-8-19(18)27-21(30)20-10-14(2)29(28-20)17-7-4-6-16(11-17)22(23,24)25/h3-12H,1-2H3,(H,27,30). The zero-order chi connectivity index (χ0) is 21.5. The van der Waals surface area contributed by atoms with Crippen molar-refractivity contribution in [3.8, 4) is 5.69 Å². The van der Waals surface area contributed by atoms with E-state index in [1.807, 2.05) is 19.1 Å². The van der Waals surface area contributed by atoms with Crippen molar-refractivity contribution in [1.29, 1.82) is 0 Å². The third kappa shape index (κ3) is 3.76. The molecule has 8 heteroatoms. The molecule has 0 fully saturated rings. The molecule has 1 amide bonds. The molecule has 30 heavy (non-hydrogen) atoms. The predicted molar refractivity (Wildman–Crippen MR) is 108 cm³/mol. The van der Waals surface area contributed by atoms with E-state index in [0.717, 1.165) is 28.6 Å². The number of nitrogens with one attached hydrogen (secondary N) is 1. The summed E-state index contributed by atoms with van der Waals surface area (Å²) in [6, 6.07) is 13.7. The Balaban J connectivity index is 1.66. The first-order valence-electron chi connectivity index (χ1n) is 9.13. The van der Waals surface area contributed by atoms with Gasteiger partial charge in [-0.3, -0.25) is 9.78 Å². The Hall–Kier alpha value is -3.68. The van der Waals surface area contributed by atoms with Crippen molar-refractivity contribution in [1.82, 2.24) is 14.8 Å². The van der Waals surface area contributed by atoms with Crippen LogP contribution in [0.3, 0.4) is 0 Å². The molecule has 0 spiro atoms. The molecule has 2 aromatic carbocycles. The van der Waals surface area contributed by atoms with Gasteiger partial charge in [0.05, 0.1) is 11.3 Å². The van der Waals surface area contributed by atoms with Crippen LogP contribution in [-0.2, 0) is 6.18 Å². The van der Waals surface area contributed by atoms with Crippen LogP contribution in [0.25, 0.3) is 16.5 Å². The molecule has 5 nitrogen and oxygen atoms in total. The van der Waals surface area contributed by atoms with Crippen molar-refractivity contribution in [2.75, 3.05) is 5.32 Å². The van der Waals surface area contributed by atoms with Gasteiger partial charge in [0.15, 0.2) is 5.69 Å². The van der Waals surface area contributed by atoms with Gasteiger partial charge in [-0.15, -0.1) is 0 Å². The molecule has 0 aliphatic rings. The molecule has 0 unspecified atom stereocenters. The van der Waals surface area contributed by atoms with Gasteiger partial charge in [-0.1, -0.05) is 18.2 Å². The molecule has 0 bridgehead atoms. The van der Waals surface area contributed by atoms with E-state index in [9.17, 15) is 18.0 Å². The first kappa shape index (κ1) is 19.6. The second-order valence-electron chi connectivity index (χ2n) is 6.94. The van der Waals surface area contributed by atoms with E-state index in [1.165, 1.54) is 22.9 Å². The lowest BCUT2D eigenvalue weighted by atomic mass is 10.1. The zero-order valence-electron chi connectivity index (χ0n) is 16.2. The molecule has 0 saturated carbocycles. The fourth-order valence-electron chi connectivity index (χ4n) is 3.23. The summed E-state index contributed by atoms with van der Waals surface area (Å²) in [5.74, 6) is -0.453. The Morgan fingerprint density at radius 2 is 1.80 bits per heavy atom. The largest absolute Gasteiger partial charge is 0.416 e. The van der Waals surface area contributed by atoms with Crippen LogP contribution >= 0.6 is 0 Å². The average Bonchev–Trinajstić information content (AvgIpc) is 3.10. The molecule has 2 heterocycles. The third-order valence-electron chi connectivity index (χ3n) is 4.69. The minimum absolute atomic E-state index is 0.104. The first-order chi connectivity index (χ1) is 14.2. The summed E-state index contributed by atoms with van der Waals surface area (Å²) in [5.41, 5.74) is 1.52. The van der Waals surface area contributed by atoms with E-state index >= 15 is 0 Å². The predicted octanol–water partition coefficient (Wildman–Crippen LogP) is 5.31. The van der Waals surface area contributed by atoms with Crippen molar-refractivity contribution < 1.29 is 18.0 Å². The van der Waals surface area contributed by atoms with Crippen molar-refractivity contribution in [3.05, 3.63) is 83.4 Å². The molecule has 152 valence electrons. The Labute approximate surface area is 170 Å². The van der Waals surface area contributed by atoms with E-state index < -0.39 is 17.6 Å². The minimum atomic E-state index is -4.46. The van der Waals surface area contributed by atoms with Crippen LogP contribution in [0.1, 0.15) is 27.4 Å². The van der Waals surface area contributed by atoms with E-state index in [0.29, 0.717) is 11.4 Å². The van der Waals surface area contributed by atoms with Crippen LogP contribution in [0.4, 0.5) is 18.9 Å². The van der Waals surface area contributed by atoms with Crippen LogP contribution in [0.2, 0.25) is 0 Å². The molecule has 0 aliphatic carbocycles. The summed E-state index contributed by atoms with van der Waals surface area (Å²) in [6.07, 6.45) is -2.73. The highest BCUT2D eigenvalue weighted by atomic mass is 19.4. The number of anilines is 1. The molecule has 0 radical (unpaired) electrons. The summed E-state index contributed by atoms with van der Waals surface area (Å²) in [4.78, 5) is 17.0. The molecular weight excluding hydrogens is 393 g/mol. The van der Waals surface area contributed by atoms with Gasteiger partial charge in [0.1, 0.15) is 0 Å². The molecule has 1 N–H and O–H groups in total. The monoisotopic (exact) mass is 410 g/mol. The second kappa shape index (κ2) is 7.29. The van der Waals surface area contributed by atoms with Crippen molar-refractivity contribution in [2.24, 2.45) is 0 Å². The topological polar surface area (TPSA) is 59.8 Å². The maximum atomic E-state index is 13.0. The molecule has 4 aromatic rings. The number of pyridine rings is 1. The number of alkyl halides is 3. The minimum Gasteiger partial charge on any atom is -0.320 e. The van der Waals surface area contributed by atoms with Gasteiger partial charge in [0.2, 0.25) is 0 Å². The van der Waals surface area contributed by atoms with E-state index in [4.69, 9.17) is 0 Å². The smallest absolute Gasteiger partial charge is 0.320 e. The first-order valence-corrected chi connectivity index (χ1v) is 9.13. The summed E-state index contributed by atoms with van der Waals surface area (Å²) < 4.78 is 40.4. The third-order valence-corrected chi connectivity index (χ3v) is 4.69. The normalized spacial score (nSPS) is 11.6.